The van der Waals surface area contributed by atoms with Gasteiger partial charge in [0.15, 0.2) is 23.3 Å². The van der Waals surface area contributed by atoms with Crippen LogP contribution in [-0.2, 0) is 4.79 Å². The second-order valence-corrected chi connectivity index (χ2v) is 8.06. The lowest BCUT2D eigenvalue weighted by atomic mass is 9.84. The molecule has 0 spiro atoms. The molecule has 0 bridgehead atoms. The summed E-state index contributed by atoms with van der Waals surface area (Å²) in [5.74, 6) is -5.92. The van der Waals surface area contributed by atoms with Crippen LogP contribution in [0.2, 0.25) is 0 Å². The fourth-order valence-electron chi connectivity index (χ4n) is 4.31. The second-order valence-electron chi connectivity index (χ2n) is 8.06. The molecule has 1 aliphatic heterocycles. The molecule has 0 radical (unpaired) electrons. The number of hydrogen-bond acceptors (Lipinski definition) is 4. The van der Waals surface area contributed by atoms with Gasteiger partial charge in [-0.1, -0.05) is 0 Å². The summed E-state index contributed by atoms with van der Waals surface area (Å²) in [4.78, 5) is 15.3. The van der Waals surface area contributed by atoms with Crippen molar-refractivity contribution in [1.82, 2.24) is 10.2 Å². The van der Waals surface area contributed by atoms with E-state index in [1.165, 1.54) is 0 Å². The predicted molar refractivity (Wildman–Crippen MR) is 104 cm³/mol. The summed E-state index contributed by atoms with van der Waals surface area (Å²) in [7, 11) is 0. The zero-order chi connectivity index (χ0) is 21.7. The van der Waals surface area contributed by atoms with Crippen LogP contribution in [0.25, 0.3) is 0 Å². The fourth-order valence-corrected chi connectivity index (χ4v) is 4.31. The van der Waals surface area contributed by atoms with Gasteiger partial charge in [0, 0.05) is 38.3 Å². The van der Waals surface area contributed by atoms with E-state index in [9.17, 15) is 22.4 Å². The molecule has 0 unspecified atom stereocenters. The van der Waals surface area contributed by atoms with Crippen LogP contribution in [0.3, 0.4) is 0 Å². The molecule has 2 fully saturated rings. The molecule has 1 amide bonds. The van der Waals surface area contributed by atoms with Gasteiger partial charge < -0.3 is 10.2 Å². The van der Waals surface area contributed by atoms with E-state index < -0.39 is 23.3 Å². The number of nitrogens with one attached hydrogen (secondary N) is 1. The number of nitrogens with zero attached hydrogens (tertiary/aromatic N) is 3. The molecule has 1 N–H and O–H groups in total. The van der Waals surface area contributed by atoms with Gasteiger partial charge in [0.05, 0.1) is 11.8 Å². The summed E-state index contributed by atoms with van der Waals surface area (Å²) >= 11 is 0. The Kier molecular flexibility index (Phi) is 7.53. The van der Waals surface area contributed by atoms with Crippen LogP contribution in [0.5, 0.6) is 0 Å². The first kappa shape index (κ1) is 22.3. The quantitative estimate of drug-likeness (QED) is 0.431. The van der Waals surface area contributed by atoms with Crippen molar-refractivity contribution in [2.45, 2.75) is 44.6 Å². The molecule has 164 valence electrons. The Labute approximate surface area is 173 Å². The third kappa shape index (κ3) is 5.42. The number of hydrogen-bond donors (Lipinski definition) is 1. The van der Waals surface area contributed by atoms with Gasteiger partial charge in [-0.15, -0.1) is 0 Å². The van der Waals surface area contributed by atoms with Crippen LogP contribution in [0.15, 0.2) is 6.07 Å². The molecule has 9 heteroatoms. The fraction of sp³-hybridized carbons (Fsp3) is 0.619. The third-order valence-electron chi connectivity index (χ3n) is 6.10. The van der Waals surface area contributed by atoms with E-state index in [1.807, 2.05) is 6.07 Å². The molecule has 1 saturated heterocycles. The molecule has 1 saturated carbocycles. The summed E-state index contributed by atoms with van der Waals surface area (Å²) in [5.41, 5.74) is -0.234. The van der Waals surface area contributed by atoms with Gasteiger partial charge in [-0.05, 0) is 44.6 Å². The Bertz CT molecular complexity index is 797. The average Bonchev–Trinajstić information content (AvgIpc) is 2.75. The van der Waals surface area contributed by atoms with E-state index >= 15 is 0 Å². The van der Waals surface area contributed by atoms with Crippen LogP contribution in [0.1, 0.15) is 38.5 Å². The number of amides is 1. The molecule has 3 rings (SSSR count). The van der Waals surface area contributed by atoms with E-state index in [-0.39, 0.29) is 24.1 Å². The van der Waals surface area contributed by atoms with Crippen LogP contribution in [-0.4, -0.2) is 49.6 Å². The lowest BCUT2D eigenvalue weighted by Crippen LogP contribution is -2.47. The molecule has 0 aromatic heterocycles. The molecular weight excluding hydrogens is 400 g/mol. The zero-order valence-corrected chi connectivity index (χ0v) is 16.8. The molecule has 30 heavy (non-hydrogen) atoms. The standard InChI is InChI=1S/C21H26F4N4O/c22-16-13-17(20(24)21(25)19(16)23)29-11-9-28(10-12-29)8-6-14-1-3-15(4-2-14)27-18(30)5-7-26/h13-15H,1-6,8-12H2,(H,27,30). The van der Waals surface area contributed by atoms with Crippen molar-refractivity contribution in [2.75, 3.05) is 37.6 Å². The van der Waals surface area contributed by atoms with E-state index in [0.29, 0.717) is 32.1 Å². The zero-order valence-electron chi connectivity index (χ0n) is 16.8. The van der Waals surface area contributed by atoms with Crippen molar-refractivity contribution in [3.63, 3.8) is 0 Å². The number of rotatable bonds is 6. The summed E-state index contributed by atoms with van der Waals surface area (Å²) in [6.07, 6.45) is 4.79. The van der Waals surface area contributed by atoms with E-state index in [2.05, 4.69) is 10.2 Å². The Morgan fingerprint density at radius 2 is 1.70 bits per heavy atom. The largest absolute Gasteiger partial charge is 0.366 e. The highest BCUT2D eigenvalue weighted by Crippen LogP contribution is 2.29. The molecule has 1 heterocycles. The van der Waals surface area contributed by atoms with Crippen molar-refractivity contribution in [2.24, 2.45) is 5.92 Å². The number of anilines is 1. The van der Waals surface area contributed by atoms with Gasteiger partial charge in [-0.25, -0.2) is 17.6 Å². The van der Waals surface area contributed by atoms with Crippen LogP contribution in [0.4, 0.5) is 23.2 Å². The summed E-state index contributed by atoms with van der Waals surface area (Å²) in [6.45, 7) is 3.00. The monoisotopic (exact) mass is 426 g/mol. The molecule has 5 nitrogen and oxygen atoms in total. The number of carbonyl (C=O) groups is 1. The molecule has 0 atom stereocenters. The number of halogens is 4. The van der Waals surface area contributed by atoms with Crippen molar-refractivity contribution >= 4 is 11.6 Å². The second kappa shape index (κ2) is 10.1. The maximum atomic E-state index is 14.0. The maximum absolute atomic E-state index is 14.0. The normalized spacial score (nSPS) is 22.6. The van der Waals surface area contributed by atoms with E-state index in [0.717, 1.165) is 44.7 Å². The number of carbonyl (C=O) groups excluding carboxylic acids is 1. The minimum Gasteiger partial charge on any atom is -0.366 e. The minimum absolute atomic E-state index is 0.104. The van der Waals surface area contributed by atoms with Gasteiger partial charge in [-0.2, -0.15) is 5.26 Å². The van der Waals surface area contributed by atoms with E-state index in [1.54, 1.807) is 4.90 Å². The minimum atomic E-state index is -1.78. The van der Waals surface area contributed by atoms with Crippen molar-refractivity contribution in [1.29, 1.82) is 5.26 Å². The van der Waals surface area contributed by atoms with Gasteiger partial charge in [0.2, 0.25) is 5.91 Å². The Hall–Kier alpha value is -2.34. The first-order valence-electron chi connectivity index (χ1n) is 10.4. The Morgan fingerprint density at radius 1 is 1.03 bits per heavy atom. The Morgan fingerprint density at radius 3 is 2.33 bits per heavy atom. The van der Waals surface area contributed by atoms with Gasteiger partial charge in [0.25, 0.3) is 0 Å². The average molecular weight is 426 g/mol. The SMILES string of the molecule is N#CCC(=O)NC1CCC(CCN2CCN(c3cc(F)c(F)c(F)c3F)CC2)CC1. The lowest BCUT2D eigenvalue weighted by Gasteiger charge is -2.37. The maximum Gasteiger partial charge on any atom is 0.234 e. The van der Waals surface area contributed by atoms with Crippen LogP contribution < -0.4 is 10.2 Å². The summed E-state index contributed by atoms with van der Waals surface area (Å²) in [6, 6.07) is 2.72. The van der Waals surface area contributed by atoms with E-state index in [4.69, 9.17) is 5.26 Å². The van der Waals surface area contributed by atoms with Crippen LogP contribution in [0, 0.1) is 40.5 Å². The van der Waals surface area contributed by atoms with Gasteiger partial charge in [0.1, 0.15) is 6.42 Å². The molecule has 2 aliphatic rings. The Balaban J connectivity index is 1.40. The molecular formula is C21H26F4N4O. The van der Waals surface area contributed by atoms with Crippen molar-refractivity contribution in [3.05, 3.63) is 29.3 Å². The summed E-state index contributed by atoms with van der Waals surface area (Å²) in [5, 5.41) is 11.4. The number of benzene rings is 1. The first-order valence-corrected chi connectivity index (χ1v) is 10.4. The summed E-state index contributed by atoms with van der Waals surface area (Å²) < 4.78 is 54.1. The highest BCUT2D eigenvalue weighted by atomic mass is 19.2. The smallest absolute Gasteiger partial charge is 0.234 e. The van der Waals surface area contributed by atoms with Gasteiger partial charge >= 0.3 is 0 Å². The predicted octanol–water partition coefficient (Wildman–Crippen LogP) is 3.34. The highest BCUT2D eigenvalue weighted by Gasteiger charge is 2.26. The van der Waals surface area contributed by atoms with Crippen LogP contribution >= 0.6 is 0 Å². The highest BCUT2D eigenvalue weighted by molar-refractivity contribution is 5.78. The molecule has 1 aromatic carbocycles. The van der Waals surface area contributed by atoms with Crippen molar-refractivity contribution < 1.29 is 22.4 Å². The number of nitriles is 1. The topological polar surface area (TPSA) is 59.4 Å². The first-order chi connectivity index (χ1) is 14.4. The molecule has 1 aromatic rings. The third-order valence-corrected chi connectivity index (χ3v) is 6.10. The van der Waals surface area contributed by atoms with Crippen molar-refractivity contribution in [3.8, 4) is 6.07 Å². The lowest BCUT2D eigenvalue weighted by molar-refractivity contribution is -0.121. The number of piperazine rings is 1. The van der Waals surface area contributed by atoms with Gasteiger partial charge in [-0.3, -0.25) is 9.69 Å². The molecule has 1 aliphatic carbocycles.